The highest BCUT2D eigenvalue weighted by molar-refractivity contribution is 6.03. The van der Waals surface area contributed by atoms with Crippen LogP contribution in [-0.2, 0) is 0 Å². The fourth-order valence-electron chi connectivity index (χ4n) is 6.05. The van der Waals surface area contributed by atoms with E-state index in [1.54, 1.807) is 6.07 Å². The van der Waals surface area contributed by atoms with Gasteiger partial charge >= 0.3 is 0 Å². The lowest BCUT2D eigenvalue weighted by atomic mass is 9.95. The lowest BCUT2D eigenvalue weighted by Crippen LogP contribution is -2.03. The van der Waals surface area contributed by atoms with Gasteiger partial charge in [0.15, 0.2) is 0 Å². The van der Waals surface area contributed by atoms with Crippen LogP contribution in [0.3, 0.4) is 0 Å². The number of benzene rings is 4. The monoisotopic (exact) mass is 522 g/mol. The molecule has 0 unspecified atom stereocenters. The number of aromatic nitrogens is 4. The number of nitrogens with zero attached hydrogens (tertiary/aromatic N) is 3. The molecule has 3 aromatic heterocycles. The number of imidazole rings is 1. The molecule has 0 amide bonds. The lowest BCUT2D eigenvalue weighted by molar-refractivity contribution is 0.480. The van der Waals surface area contributed by atoms with E-state index in [-0.39, 0.29) is 11.8 Å². The molecule has 0 bridgehead atoms. The number of rotatable bonds is 4. The summed E-state index contributed by atoms with van der Waals surface area (Å²) in [5.74, 6) is 1.09. The van der Waals surface area contributed by atoms with Crippen molar-refractivity contribution in [1.29, 1.82) is 0 Å². The van der Waals surface area contributed by atoms with Gasteiger partial charge in [0, 0.05) is 34.1 Å². The van der Waals surface area contributed by atoms with Gasteiger partial charge in [0.2, 0.25) is 0 Å². The Morgan fingerprint density at radius 3 is 2.30 bits per heavy atom. The molecule has 5 nitrogen and oxygen atoms in total. The first-order chi connectivity index (χ1) is 19.4. The van der Waals surface area contributed by atoms with Crippen molar-refractivity contribution < 1.29 is 5.11 Å². The van der Waals surface area contributed by atoms with Gasteiger partial charge in [0.25, 0.3) is 0 Å². The second kappa shape index (κ2) is 9.09. The van der Waals surface area contributed by atoms with E-state index in [0.717, 1.165) is 61.1 Å². The number of aryl methyl sites for hydroxylation is 2. The Balaban J connectivity index is 1.54. The topological polar surface area (TPSA) is 66.7 Å². The van der Waals surface area contributed by atoms with Gasteiger partial charge in [-0.05, 0) is 69.2 Å². The van der Waals surface area contributed by atoms with Gasteiger partial charge in [-0.15, -0.1) is 0 Å². The standard InChI is InChI=1S/C35H30N4O/c1-20(2)39-30-12-6-10-26(33(30)38-35(39)27-11-5-8-23-14-15-36-32(23)27)29-19-28(24-17-21(3)16-22(4)18-24)25-9-7-13-31(40)34(25)37-29/h5-20,36,40H,1-4H3. The Kier molecular flexibility index (Phi) is 5.49. The van der Waals surface area contributed by atoms with Crippen molar-refractivity contribution in [3.8, 4) is 39.5 Å². The van der Waals surface area contributed by atoms with E-state index in [0.29, 0.717) is 5.52 Å². The molecule has 2 N–H and O–H groups in total. The van der Waals surface area contributed by atoms with Crippen LogP contribution in [0.2, 0.25) is 0 Å². The maximum Gasteiger partial charge on any atom is 0.143 e. The average Bonchev–Trinajstić information content (AvgIpc) is 3.57. The zero-order valence-electron chi connectivity index (χ0n) is 23.0. The Bertz CT molecular complexity index is 2060. The van der Waals surface area contributed by atoms with Crippen molar-refractivity contribution in [2.75, 3.05) is 0 Å². The Labute approximate surface area is 232 Å². The van der Waals surface area contributed by atoms with Gasteiger partial charge in [0.1, 0.15) is 17.1 Å². The number of hydrogen-bond donors (Lipinski definition) is 2. The van der Waals surface area contributed by atoms with Crippen LogP contribution >= 0.6 is 0 Å². The van der Waals surface area contributed by atoms with Gasteiger partial charge < -0.3 is 14.7 Å². The summed E-state index contributed by atoms with van der Waals surface area (Å²) in [7, 11) is 0. The van der Waals surface area contributed by atoms with Crippen LogP contribution in [-0.4, -0.2) is 24.6 Å². The molecule has 7 aromatic rings. The van der Waals surface area contributed by atoms with Crippen LogP contribution in [0.25, 0.3) is 66.6 Å². The van der Waals surface area contributed by atoms with E-state index >= 15 is 0 Å². The first-order valence-electron chi connectivity index (χ1n) is 13.7. The number of para-hydroxylation sites is 3. The van der Waals surface area contributed by atoms with E-state index < -0.39 is 0 Å². The van der Waals surface area contributed by atoms with Crippen molar-refractivity contribution in [3.05, 3.63) is 102 Å². The highest BCUT2D eigenvalue weighted by Crippen LogP contribution is 2.40. The van der Waals surface area contributed by atoms with E-state index in [1.165, 1.54) is 11.1 Å². The third-order valence-electron chi connectivity index (χ3n) is 7.69. The summed E-state index contributed by atoms with van der Waals surface area (Å²) in [5.41, 5.74) is 10.9. The number of H-pyrrole nitrogens is 1. The number of aromatic amines is 1. The lowest BCUT2D eigenvalue weighted by Gasteiger charge is -2.14. The zero-order chi connectivity index (χ0) is 27.5. The van der Waals surface area contributed by atoms with Crippen LogP contribution in [0, 0.1) is 13.8 Å². The molecule has 0 saturated carbocycles. The number of phenols is 1. The fraction of sp³-hybridized carbons (Fsp3) is 0.143. The minimum atomic E-state index is 0.170. The predicted molar refractivity (Wildman–Crippen MR) is 165 cm³/mol. The summed E-state index contributed by atoms with van der Waals surface area (Å²) in [5, 5.41) is 13.0. The summed E-state index contributed by atoms with van der Waals surface area (Å²) < 4.78 is 2.30. The SMILES string of the molecule is Cc1cc(C)cc(-c2cc(-c3cccc4c3nc(-c3cccc5cc[nH]c35)n4C(C)C)nc3c(O)cccc23)c1. The quantitative estimate of drug-likeness (QED) is 0.242. The predicted octanol–water partition coefficient (Wildman–Crippen LogP) is 8.97. The molecule has 0 saturated heterocycles. The second-order valence-corrected chi connectivity index (χ2v) is 10.9. The normalized spacial score (nSPS) is 11.8. The fourth-order valence-corrected chi connectivity index (χ4v) is 6.05. The third-order valence-corrected chi connectivity index (χ3v) is 7.69. The Hall–Kier alpha value is -4.90. The number of pyridine rings is 1. The molecular weight excluding hydrogens is 492 g/mol. The third kappa shape index (κ3) is 3.77. The van der Waals surface area contributed by atoms with Crippen LogP contribution in [0.15, 0.2) is 91.1 Å². The number of phenolic OH excluding ortho intramolecular Hbond substituents is 1. The molecule has 4 aromatic carbocycles. The summed E-state index contributed by atoms with van der Waals surface area (Å²) in [6.07, 6.45) is 1.97. The smallest absolute Gasteiger partial charge is 0.143 e. The molecule has 0 fully saturated rings. The average molecular weight is 523 g/mol. The van der Waals surface area contributed by atoms with Gasteiger partial charge in [-0.25, -0.2) is 9.97 Å². The molecule has 0 spiro atoms. The minimum absolute atomic E-state index is 0.170. The molecule has 3 heterocycles. The first kappa shape index (κ1) is 24.2. The summed E-state index contributed by atoms with van der Waals surface area (Å²) in [4.78, 5) is 13.7. The molecule has 40 heavy (non-hydrogen) atoms. The molecule has 7 rings (SSSR count). The maximum atomic E-state index is 10.9. The summed E-state index contributed by atoms with van der Waals surface area (Å²) in [6.45, 7) is 8.61. The largest absolute Gasteiger partial charge is 0.506 e. The number of fused-ring (bicyclic) bond motifs is 3. The van der Waals surface area contributed by atoms with Gasteiger partial charge in [-0.1, -0.05) is 65.7 Å². The maximum absolute atomic E-state index is 10.9. The molecule has 196 valence electrons. The number of aromatic hydroxyl groups is 1. The molecule has 0 aliphatic heterocycles. The highest BCUT2D eigenvalue weighted by Gasteiger charge is 2.21. The highest BCUT2D eigenvalue weighted by atomic mass is 16.3. The minimum Gasteiger partial charge on any atom is -0.506 e. The van der Waals surface area contributed by atoms with Crippen LogP contribution < -0.4 is 0 Å². The van der Waals surface area contributed by atoms with Gasteiger partial charge in [-0.3, -0.25) is 0 Å². The second-order valence-electron chi connectivity index (χ2n) is 10.9. The molecule has 0 aliphatic rings. The molecule has 0 atom stereocenters. The van der Waals surface area contributed by atoms with E-state index in [1.807, 2.05) is 18.3 Å². The summed E-state index contributed by atoms with van der Waals surface area (Å²) >= 11 is 0. The van der Waals surface area contributed by atoms with E-state index in [9.17, 15) is 5.11 Å². The molecule has 5 heteroatoms. The first-order valence-corrected chi connectivity index (χ1v) is 13.7. The Morgan fingerprint density at radius 2 is 1.50 bits per heavy atom. The number of hydrogen-bond acceptors (Lipinski definition) is 3. The van der Waals surface area contributed by atoms with Gasteiger partial charge in [-0.2, -0.15) is 0 Å². The van der Waals surface area contributed by atoms with E-state index in [4.69, 9.17) is 9.97 Å². The van der Waals surface area contributed by atoms with E-state index in [2.05, 4.69) is 104 Å². The van der Waals surface area contributed by atoms with Gasteiger partial charge in [0.05, 0.1) is 22.2 Å². The van der Waals surface area contributed by atoms with Crippen LogP contribution in [0.5, 0.6) is 5.75 Å². The van der Waals surface area contributed by atoms with Crippen LogP contribution in [0.4, 0.5) is 0 Å². The zero-order valence-corrected chi connectivity index (χ0v) is 23.0. The Morgan fingerprint density at radius 1 is 0.750 bits per heavy atom. The molecular formula is C35H30N4O. The molecule has 0 radical (unpaired) electrons. The molecule has 0 aliphatic carbocycles. The van der Waals surface area contributed by atoms with Crippen LogP contribution in [0.1, 0.15) is 31.0 Å². The van der Waals surface area contributed by atoms with Crippen molar-refractivity contribution in [2.24, 2.45) is 0 Å². The van der Waals surface area contributed by atoms with Crippen molar-refractivity contribution in [1.82, 2.24) is 19.5 Å². The van der Waals surface area contributed by atoms with Crippen molar-refractivity contribution >= 4 is 32.8 Å². The van der Waals surface area contributed by atoms with Crippen molar-refractivity contribution in [3.63, 3.8) is 0 Å². The number of nitrogens with one attached hydrogen (secondary N) is 1. The van der Waals surface area contributed by atoms with Crippen molar-refractivity contribution in [2.45, 2.75) is 33.7 Å². The summed E-state index contributed by atoms with van der Waals surface area (Å²) in [6, 6.07) is 29.2.